The molecule has 8 aromatic rings. The maximum Gasteiger partial charge on any atom is 0.169 e. The molecule has 16 heteroatoms. The van der Waals surface area contributed by atoms with Gasteiger partial charge < -0.3 is 106 Å². The Kier molecular flexibility index (Phi) is 36.2. The molecule has 0 saturated carbocycles. The number of pyridine rings is 4. The van der Waals surface area contributed by atoms with Crippen molar-refractivity contribution in [2.75, 3.05) is 129 Å². The number of anilines is 4. The Morgan fingerprint density at radius 1 is 0.258 bits per heavy atom. The van der Waals surface area contributed by atoms with Crippen LogP contribution in [0.1, 0.15) is 70.2 Å². The molecule has 0 spiro atoms. The second-order valence-electron chi connectivity index (χ2n) is 23.9. The van der Waals surface area contributed by atoms with Gasteiger partial charge in [-0.15, -0.1) is 0 Å². The Morgan fingerprint density at radius 3 is 0.581 bits per heavy atom. The van der Waals surface area contributed by atoms with Gasteiger partial charge >= 0.3 is 0 Å². The summed E-state index contributed by atoms with van der Waals surface area (Å²) in [5.74, 6) is 0. The summed E-state index contributed by atoms with van der Waals surface area (Å²) in [5, 5.41) is 0. The van der Waals surface area contributed by atoms with Crippen molar-refractivity contribution in [1.29, 1.82) is 0 Å². The van der Waals surface area contributed by atoms with E-state index in [2.05, 4.69) is 338 Å². The summed E-state index contributed by atoms with van der Waals surface area (Å²) in [7, 11) is 16.5. The van der Waals surface area contributed by atoms with Crippen LogP contribution < -0.4 is 106 Å². The SMILES string of the molecule is CN(C)c1ccc(/C=C/c2cc[n+](CCCOCC(COCCC[n+]3ccc(/C=C/c4ccc(N(C)C)cc4)cc3)(COCCC[n+]3ccc(/C=C/c4ccc(N(C)C)cc4)cc3)COCCC[n+]3ccc(/C=C/c4ccc(N(C)C)cc4)cc3)cc2)cc1.[Br-].[Br-].[Br-].[Br-]. The molecular weight excluding hydrogens is 1420 g/mol. The van der Waals surface area contributed by atoms with Crippen molar-refractivity contribution in [2.45, 2.75) is 51.9 Å². The van der Waals surface area contributed by atoms with E-state index in [9.17, 15) is 0 Å². The maximum absolute atomic E-state index is 6.65. The largest absolute Gasteiger partial charge is 1.00 e. The third-order valence-corrected chi connectivity index (χ3v) is 15.6. The second kappa shape index (κ2) is 42.7. The Bertz CT molecular complexity index is 2970. The smallest absolute Gasteiger partial charge is 0.169 e. The average molecular weight is 1520 g/mol. The number of nitrogens with zero attached hydrogens (tertiary/aromatic N) is 8. The monoisotopic (exact) mass is 1510 g/mol. The lowest BCUT2D eigenvalue weighted by Gasteiger charge is -2.33. The first-order valence-electron chi connectivity index (χ1n) is 31.4. The molecule has 0 saturated heterocycles. The zero-order valence-corrected chi connectivity index (χ0v) is 62.0. The highest BCUT2D eigenvalue weighted by Crippen LogP contribution is 2.23. The van der Waals surface area contributed by atoms with Crippen LogP contribution in [0.4, 0.5) is 22.7 Å². The molecule has 0 unspecified atom stereocenters. The molecule has 4 heterocycles. The number of ether oxygens (including phenoxy) is 4. The Labute approximate surface area is 597 Å². The Morgan fingerprint density at radius 2 is 0.419 bits per heavy atom. The standard InChI is InChI=1S/C77H96N8O4.4BrH/c1-78(2)73-29-21-65(22-30-73)13-17-69-37-49-82(50-38-69)45-9-57-86-61-77(62-87-58-10-46-83-51-39-70(40-52-83)18-14-66-23-31-74(32-24-66)79(3)4,63-88-59-11-47-84-53-41-71(42-54-84)19-15-67-25-33-75(34-26-67)80(5)6)64-89-60-12-48-85-55-43-72(44-56-85)20-16-68-27-35-76(36-28-68)81(7)8;;;;/h13-44,49-56H,9-12,45-48,57-64H2,1-8H3;4*1H/q+4;;;;/p-4. The van der Waals surface area contributed by atoms with Gasteiger partial charge in [0.2, 0.25) is 0 Å². The normalized spacial score (nSPS) is 11.4. The summed E-state index contributed by atoms with van der Waals surface area (Å²) in [6, 6.07) is 51.7. The van der Waals surface area contributed by atoms with E-state index >= 15 is 0 Å². The molecule has 4 aromatic heterocycles. The van der Waals surface area contributed by atoms with Crippen molar-refractivity contribution >= 4 is 71.4 Å². The minimum absolute atomic E-state index is 0. The summed E-state index contributed by atoms with van der Waals surface area (Å²) >= 11 is 0. The van der Waals surface area contributed by atoms with Gasteiger partial charge in [0, 0.05) is 153 Å². The lowest BCUT2D eigenvalue weighted by Crippen LogP contribution is -3.00. The molecule has 0 aliphatic carbocycles. The number of aryl methyl sites for hydroxylation is 4. The molecule has 4 aromatic carbocycles. The molecule has 0 amide bonds. The van der Waals surface area contributed by atoms with Crippen LogP contribution in [0.25, 0.3) is 48.6 Å². The minimum Gasteiger partial charge on any atom is -1.00 e. The van der Waals surface area contributed by atoms with Crippen LogP contribution in [0.2, 0.25) is 0 Å². The van der Waals surface area contributed by atoms with Crippen molar-refractivity contribution in [3.05, 3.63) is 240 Å². The molecule has 0 aliphatic rings. The third kappa shape index (κ3) is 28.1. The number of aromatic nitrogens is 4. The van der Waals surface area contributed by atoms with Crippen LogP contribution in [0.15, 0.2) is 195 Å². The van der Waals surface area contributed by atoms with Gasteiger partial charge in [0.25, 0.3) is 0 Å². The van der Waals surface area contributed by atoms with E-state index in [4.69, 9.17) is 18.9 Å². The maximum atomic E-state index is 6.65. The first-order chi connectivity index (χ1) is 43.3. The summed E-state index contributed by atoms with van der Waals surface area (Å²) in [6.45, 7) is 7.55. The minimum atomic E-state index is -0.524. The lowest BCUT2D eigenvalue weighted by molar-refractivity contribution is -0.697. The van der Waals surface area contributed by atoms with Crippen molar-refractivity contribution in [3.8, 4) is 0 Å². The van der Waals surface area contributed by atoms with Gasteiger partial charge in [-0.2, -0.15) is 0 Å². The molecule has 496 valence electrons. The highest BCUT2D eigenvalue weighted by atomic mass is 79.9. The quantitative estimate of drug-likeness (QED) is 0.0417. The van der Waals surface area contributed by atoms with Gasteiger partial charge in [0.15, 0.2) is 75.8 Å². The first kappa shape index (κ1) is 78.8. The number of rotatable bonds is 36. The van der Waals surface area contributed by atoms with Crippen LogP contribution >= 0.6 is 0 Å². The van der Waals surface area contributed by atoms with E-state index < -0.39 is 5.41 Å². The zero-order valence-electron chi connectivity index (χ0n) is 55.6. The fourth-order valence-electron chi connectivity index (χ4n) is 10.0. The molecule has 0 fully saturated rings. The van der Waals surface area contributed by atoms with E-state index in [1.165, 1.54) is 45.0 Å². The van der Waals surface area contributed by atoms with Gasteiger partial charge in [-0.1, -0.05) is 97.1 Å². The number of halogens is 4. The summed E-state index contributed by atoms with van der Waals surface area (Å²) < 4.78 is 35.5. The predicted molar refractivity (Wildman–Crippen MR) is 370 cm³/mol. The highest BCUT2D eigenvalue weighted by molar-refractivity contribution is 5.73. The topological polar surface area (TPSA) is 65.4 Å². The summed E-state index contributed by atoms with van der Waals surface area (Å²) in [5.41, 5.74) is 13.6. The van der Waals surface area contributed by atoms with Crippen LogP contribution in [-0.2, 0) is 45.1 Å². The molecule has 93 heavy (non-hydrogen) atoms. The van der Waals surface area contributed by atoms with Crippen LogP contribution in [0.5, 0.6) is 0 Å². The van der Waals surface area contributed by atoms with Gasteiger partial charge in [-0.3, -0.25) is 0 Å². The van der Waals surface area contributed by atoms with Crippen molar-refractivity contribution in [3.63, 3.8) is 0 Å². The van der Waals surface area contributed by atoms with E-state index in [0.717, 1.165) is 74.1 Å². The van der Waals surface area contributed by atoms with E-state index in [-0.39, 0.29) is 67.9 Å². The number of benzene rings is 4. The van der Waals surface area contributed by atoms with E-state index in [0.29, 0.717) is 52.9 Å². The number of hydrogen-bond donors (Lipinski definition) is 0. The van der Waals surface area contributed by atoms with Crippen molar-refractivity contribution in [2.24, 2.45) is 5.41 Å². The first-order valence-corrected chi connectivity index (χ1v) is 31.4. The molecule has 12 nitrogen and oxygen atoms in total. The van der Waals surface area contributed by atoms with Gasteiger partial charge in [0.1, 0.15) is 0 Å². The fourth-order valence-corrected chi connectivity index (χ4v) is 10.0. The fraction of sp³-hybridized carbons (Fsp3) is 0.325. The van der Waals surface area contributed by atoms with Crippen LogP contribution in [-0.4, -0.2) is 109 Å². The van der Waals surface area contributed by atoms with Gasteiger partial charge in [0.05, 0.1) is 58.3 Å². The molecular formula is C77H96Br4N8O4. The summed E-state index contributed by atoms with van der Waals surface area (Å²) in [4.78, 5) is 8.46. The van der Waals surface area contributed by atoms with Crippen molar-refractivity contribution in [1.82, 2.24) is 0 Å². The summed E-state index contributed by atoms with van der Waals surface area (Å²) in [6.07, 6.45) is 37.9. The van der Waals surface area contributed by atoms with Crippen LogP contribution in [0, 0.1) is 5.41 Å². The molecule has 0 bridgehead atoms. The van der Waals surface area contributed by atoms with E-state index in [1.807, 2.05) is 0 Å². The molecule has 0 aliphatic heterocycles. The van der Waals surface area contributed by atoms with Gasteiger partial charge in [-0.05, 0) is 93.0 Å². The Balaban J connectivity index is 0.00000461. The second-order valence-corrected chi connectivity index (χ2v) is 23.9. The van der Waals surface area contributed by atoms with Crippen LogP contribution in [0.3, 0.4) is 0 Å². The zero-order chi connectivity index (χ0) is 62.5. The lowest BCUT2D eigenvalue weighted by atomic mass is 9.92. The molecule has 0 atom stereocenters. The highest BCUT2D eigenvalue weighted by Gasteiger charge is 2.33. The predicted octanol–water partition coefficient (Wildman–Crippen LogP) is 0.512. The van der Waals surface area contributed by atoms with Gasteiger partial charge in [-0.25, -0.2) is 18.3 Å². The molecule has 0 radical (unpaired) electrons. The Hall–Kier alpha value is -6.60. The van der Waals surface area contributed by atoms with Crippen molar-refractivity contribution < 1.29 is 105 Å². The molecule has 8 rings (SSSR count). The molecule has 0 N–H and O–H groups in total. The number of hydrogen-bond acceptors (Lipinski definition) is 8. The average Bonchev–Trinajstić information content (AvgIpc) is 3.22. The van der Waals surface area contributed by atoms with E-state index in [1.54, 1.807) is 0 Å². The third-order valence-electron chi connectivity index (χ3n) is 15.6.